The van der Waals surface area contributed by atoms with Gasteiger partial charge in [-0.05, 0) is 42.3 Å². The molecule has 1 aromatic carbocycles. The van der Waals surface area contributed by atoms with Crippen LogP contribution in [0.2, 0.25) is 0 Å². The molecule has 0 radical (unpaired) electrons. The van der Waals surface area contributed by atoms with Gasteiger partial charge in [-0.1, -0.05) is 12.1 Å². The molecular formula is C15H21F3N2OS. The second-order valence-corrected chi connectivity index (χ2v) is 6.42. The van der Waals surface area contributed by atoms with E-state index in [1.807, 2.05) is 0 Å². The summed E-state index contributed by atoms with van der Waals surface area (Å²) in [7, 11) is 0. The lowest BCUT2D eigenvalue weighted by molar-refractivity contribution is -0.0328. The second kappa shape index (κ2) is 8.19. The van der Waals surface area contributed by atoms with Crippen molar-refractivity contribution in [2.45, 2.75) is 29.3 Å². The van der Waals surface area contributed by atoms with Crippen LogP contribution in [0.5, 0.6) is 0 Å². The maximum absolute atomic E-state index is 12.4. The van der Waals surface area contributed by atoms with Crippen LogP contribution in [0, 0.1) is 0 Å². The fourth-order valence-electron chi connectivity index (χ4n) is 2.73. The molecule has 0 saturated carbocycles. The monoisotopic (exact) mass is 334 g/mol. The van der Waals surface area contributed by atoms with Gasteiger partial charge >= 0.3 is 5.51 Å². The third-order valence-electron chi connectivity index (χ3n) is 3.73. The first-order chi connectivity index (χ1) is 10.5. The summed E-state index contributed by atoms with van der Waals surface area (Å²) in [6.07, 6.45) is 1.50. The van der Waals surface area contributed by atoms with Crippen molar-refractivity contribution < 1.29 is 18.3 Å². The highest BCUT2D eigenvalue weighted by Crippen LogP contribution is 2.37. The Hall–Kier alpha value is -0.760. The molecule has 2 N–H and O–H groups in total. The molecule has 0 aliphatic carbocycles. The number of benzene rings is 1. The summed E-state index contributed by atoms with van der Waals surface area (Å²) in [6.45, 7) is 3.78. The lowest BCUT2D eigenvalue weighted by atomic mass is 10.00. The fourth-order valence-corrected chi connectivity index (χ4v) is 3.27. The van der Waals surface area contributed by atoms with Gasteiger partial charge in [-0.3, -0.25) is 4.90 Å². The number of thioether (sulfide) groups is 1. The number of aliphatic hydroxyl groups is 1. The number of nitrogens with zero attached hydrogens (tertiary/aromatic N) is 1. The van der Waals surface area contributed by atoms with Gasteiger partial charge in [0.1, 0.15) is 0 Å². The Morgan fingerprint density at radius 3 is 2.36 bits per heavy atom. The zero-order chi connectivity index (χ0) is 16.0. The number of alkyl halides is 3. The van der Waals surface area contributed by atoms with Gasteiger partial charge in [0.15, 0.2) is 0 Å². The van der Waals surface area contributed by atoms with Crippen LogP contribution < -0.4 is 5.32 Å². The molecule has 22 heavy (non-hydrogen) atoms. The predicted molar refractivity (Wildman–Crippen MR) is 81.9 cm³/mol. The average molecular weight is 334 g/mol. The Morgan fingerprint density at radius 1 is 1.18 bits per heavy atom. The molecule has 1 saturated heterocycles. The molecule has 0 spiro atoms. The van der Waals surface area contributed by atoms with Crippen LogP contribution >= 0.6 is 11.8 Å². The normalized spacial score (nSPS) is 18.4. The van der Waals surface area contributed by atoms with E-state index >= 15 is 0 Å². The van der Waals surface area contributed by atoms with E-state index in [2.05, 4.69) is 10.2 Å². The first kappa shape index (κ1) is 17.6. The molecule has 1 heterocycles. The van der Waals surface area contributed by atoms with Crippen LogP contribution in [-0.4, -0.2) is 48.3 Å². The standard InChI is InChI=1S/C15H21F3N2OS/c16-15(17,18)22-13-5-3-12(4-6-13)14(2-1-11-21)20-9-7-19-8-10-20/h3-6,14,19,21H,1-2,7-11H2/t14-/m1/s1. The third kappa shape index (κ3) is 5.46. The van der Waals surface area contributed by atoms with Crippen molar-refractivity contribution in [3.05, 3.63) is 29.8 Å². The van der Waals surface area contributed by atoms with E-state index in [0.717, 1.165) is 38.2 Å². The Morgan fingerprint density at radius 2 is 1.82 bits per heavy atom. The molecular weight excluding hydrogens is 313 g/mol. The minimum absolute atomic E-state index is 0.0890. The van der Waals surface area contributed by atoms with Gasteiger partial charge in [0.25, 0.3) is 0 Å². The quantitative estimate of drug-likeness (QED) is 0.784. The fraction of sp³-hybridized carbons (Fsp3) is 0.600. The van der Waals surface area contributed by atoms with Crippen LogP contribution in [0.25, 0.3) is 0 Å². The molecule has 1 atom stereocenters. The molecule has 1 aromatic rings. The number of aliphatic hydroxyl groups excluding tert-OH is 1. The van der Waals surface area contributed by atoms with E-state index in [0.29, 0.717) is 6.42 Å². The summed E-state index contributed by atoms with van der Waals surface area (Å²) in [5.74, 6) is 0. The zero-order valence-electron chi connectivity index (χ0n) is 12.3. The van der Waals surface area contributed by atoms with Crippen molar-refractivity contribution >= 4 is 11.8 Å². The zero-order valence-corrected chi connectivity index (χ0v) is 13.1. The molecule has 124 valence electrons. The Kier molecular flexibility index (Phi) is 6.55. The van der Waals surface area contributed by atoms with E-state index in [9.17, 15) is 13.2 Å². The van der Waals surface area contributed by atoms with Crippen LogP contribution in [0.1, 0.15) is 24.4 Å². The molecule has 1 aliphatic heterocycles. The number of halogens is 3. The highest BCUT2D eigenvalue weighted by molar-refractivity contribution is 8.00. The minimum atomic E-state index is -4.25. The Balaban J connectivity index is 2.09. The van der Waals surface area contributed by atoms with Crippen molar-refractivity contribution in [1.29, 1.82) is 0 Å². The summed E-state index contributed by atoms with van der Waals surface area (Å²) in [6, 6.07) is 6.76. The topological polar surface area (TPSA) is 35.5 Å². The van der Waals surface area contributed by atoms with Gasteiger partial charge in [0.05, 0.1) is 0 Å². The maximum Gasteiger partial charge on any atom is 0.446 e. The summed E-state index contributed by atoms with van der Waals surface area (Å²) in [5, 5.41) is 12.4. The molecule has 3 nitrogen and oxygen atoms in total. The SMILES string of the molecule is OCCC[C@H](c1ccc(SC(F)(F)F)cc1)N1CCNCC1. The lowest BCUT2D eigenvalue weighted by Gasteiger charge is -2.35. The van der Waals surface area contributed by atoms with Crippen molar-refractivity contribution in [3.8, 4) is 0 Å². The molecule has 1 aliphatic rings. The second-order valence-electron chi connectivity index (χ2n) is 5.28. The van der Waals surface area contributed by atoms with Crippen molar-refractivity contribution in [2.24, 2.45) is 0 Å². The van der Waals surface area contributed by atoms with E-state index in [1.54, 1.807) is 12.1 Å². The van der Waals surface area contributed by atoms with Gasteiger partial charge in [-0.2, -0.15) is 13.2 Å². The van der Waals surface area contributed by atoms with Crippen LogP contribution in [0.3, 0.4) is 0 Å². The van der Waals surface area contributed by atoms with Gasteiger partial charge in [0, 0.05) is 43.7 Å². The van der Waals surface area contributed by atoms with Crippen LogP contribution in [0.15, 0.2) is 29.2 Å². The van der Waals surface area contributed by atoms with E-state index < -0.39 is 5.51 Å². The maximum atomic E-state index is 12.4. The summed E-state index contributed by atoms with van der Waals surface area (Å²) in [5.41, 5.74) is -3.24. The largest absolute Gasteiger partial charge is 0.446 e. The summed E-state index contributed by atoms with van der Waals surface area (Å²) >= 11 is -0.0890. The summed E-state index contributed by atoms with van der Waals surface area (Å²) < 4.78 is 37.1. The van der Waals surface area contributed by atoms with Crippen molar-refractivity contribution in [3.63, 3.8) is 0 Å². The van der Waals surface area contributed by atoms with Gasteiger partial charge in [-0.15, -0.1) is 0 Å². The highest BCUT2D eigenvalue weighted by Gasteiger charge is 2.29. The summed E-state index contributed by atoms with van der Waals surface area (Å²) in [4.78, 5) is 2.54. The smallest absolute Gasteiger partial charge is 0.396 e. The van der Waals surface area contributed by atoms with Gasteiger partial charge in [-0.25, -0.2) is 0 Å². The van der Waals surface area contributed by atoms with Crippen LogP contribution in [-0.2, 0) is 0 Å². The minimum Gasteiger partial charge on any atom is -0.396 e. The van der Waals surface area contributed by atoms with E-state index in [4.69, 9.17) is 5.11 Å². The highest BCUT2D eigenvalue weighted by atomic mass is 32.2. The van der Waals surface area contributed by atoms with E-state index in [-0.39, 0.29) is 29.3 Å². The lowest BCUT2D eigenvalue weighted by Crippen LogP contribution is -2.45. The average Bonchev–Trinajstić information content (AvgIpc) is 2.49. The van der Waals surface area contributed by atoms with E-state index in [1.165, 1.54) is 12.1 Å². The molecule has 0 unspecified atom stereocenters. The third-order valence-corrected chi connectivity index (χ3v) is 4.47. The van der Waals surface area contributed by atoms with Crippen molar-refractivity contribution in [2.75, 3.05) is 32.8 Å². The number of hydrogen-bond donors (Lipinski definition) is 2. The number of hydrogen-bond acceptors (Lipinski definition) is 4. The molecule has 7 heteroatoms. The van der Waals surface area contributed by atoms with Crippen LogP contribution in [0.4, 0.5) is 13.2 Å². The predicted octanol–water partition coefficient (Wildman–Crippen LogP) is 3.02. The molecule has 0 amide bonds. The molecule has 2 rings (SSSR count). The number of nitrogens with one attached hydrogen (secondary N) is 1. The van der Waals surface area contributed by atoms with Crippen molar-refractivity contribution in [1.82, 2.24) is 10.2 Å². The first-order valence-corrected chi connectivity index (χ1v) is 8.22. The Labute approximate surface area is 132 Å². The molecule has 0 bridgehead atoms. The van der Waals surface area contributed by atoms with Gasteiger partial charge < -0.3 is 10.4 Å². The number of rotatable bonds is 6. The molecule has 0 aromatic heterocycles. The molecule has 1 fully saturated rings. The first-order valence-electron chi connectivity index (χ1n) is 7.41. The number of piperazine rings is 1. The van der Waals surface area contributed by atoms with Gasteiger partial charge in [0.2, 0.25) is 0 Å². The Bertz CT molecular complexity index is 447.